The maximum absolute atomic E-state index is 11.9. The number of β-amino-alcohol motifs (C(OH)–C–C–N with tert-alkyl or cyclic N) is 1. The summed E-state index contributed by atoms with van der Waals surface area (Å²) in [6, 6.07) is 9.42. The first-order valence-corrected chi connectivity index (χ1v) is 8.72. The quantitative estimate of drug-likeness (QED) is 0.839. The van der Waals surface area contributed by atoms with Crippen molar-refractivity contribution in [3.8, 4) is 6.07 Å². The molecule has 120 valence electrons. The minimum absolute atomic E-state index is 0.0457. The third-order valence-electron chi connectivity index (χ3n) is 3.93. The molecule has 0 saturated carbocycles. The highest BCUT2D eigenvalue weighted by atomic mass is 32.2. The van der Waals surface area contributed by atoms with Crippen molar-refractivity contribution in [2.75, 3.05) is 32.9 Å². The summed E-state index contributed by atoms with van der Waals surface area (Å²) >= 11 is 0. The van der Waals surface area contributed by atoms with Crippen molar-refractivity contribution in [2.24, 2.45) is 5.92 Å². The number of aliphatic hydroxyl groups is 1. The summed E-state index contributed by atoms with van der Waals surface area (Å²) in [5.41, 5.74) is 1.59. The zero-order valence-corrected chi connectivity index (χ0v) is 13.6. The van der Waals surface area contributed by atoms with Crippen molar-refractivity contribution in [1.82, 2.24) is 9.21 Å². The van der Waals surface area contributed by atoms with Crippen molar-refractivity contribution >= 4 is 10.0 Å². The molecule has 1 N–H and O–H groups in total. The molecule has 0 spiro atoms. The van der Waals surface area contributed by atoms with Crippen LogP contribution in [0.25, 0.3) is 0 Å². The molecule has 1 saturated heterocycles. The summed E-state index contributed by atoms with van der Waals surface area (Å²) in [6.07, 6.45) is -0.645. The molecule has 1 fully saturated rings. The van der Waals surface area contributed by atoms with E-state index in [1.54, 1.807) is 6.07 Å². The van der Waals surface area contributed by atoms with Crippen LogP contribution in [-0.4, -0.2) is 61.8 Å². The molecular formula is C15H21N3O3S. The predicted molar refractivity (Wildman–Crippen MR) is 83.4 cm³/mol. The van der Waals surface area contributed by atoms with Gasteiger partial charge in [0.25, 0.3) is 0 Å². The second-order valence-electron chi connectivity index (χ2n) is 5.89. The Morgan fingerprint density at radius 3 is 2.77 bits per heavy atom. The van der Waals surface area contributed by atoms with E-state index in [9.17, 15) is 13.5 Å². The second kappa shape index (κ2) is 6.75. The number of benzene rings is 1. The van der Waals surface area contributed by atoms with Gasteiger partial charge in [-0.25, -0.2) is 12.7 Å². The lowest BCUT2D eigenvalue weighted by atomic mass is 10.1. The highest BCUT2D eigenvalue weighted by Gasteiger charge is 2.35. The number of likely N-dealkylation sites (tertiary alicyclic amines) is 1. The Kier molecular flexibility index (Phi) is 5.19. The molecule has 6 nitrogen and oxygen atoms in total. The molecule has 2 atom stereocenters. The number of rotatable bonds is 5. The lowest BCUT2D eigenvalue weighted by Crippen LogP contribution is -2.33. The SMILES string of the molecule is CN(C)S(=O)(=O)CC1CN(Cc2cccc(C#N)c2)CC1O. The Morgan fingerprint density at radius 1 is 1.41 bits per heavy atom. The van der Waals surface area contributed by atoms with Gasteiger partial charge in [0, 0.05) is 39.6 Å². The van der Waals surface area contributed by atoms with Gasteiger partial charge in [-0.3, -0.25) is 4.90 Å². The second-order valence-corrected chi connectivity index (χ2v) is 8.12. The third-order valence-corrected chi connectivity index (χ3v) is 5.89. The fraction of sp³-hybridized carbons (Fsp3) is 0.533. The van der Waals surface area contributed by atoms with Gasteiger partial charge in [0.1, 0.15) is 0 Å². The molecular weight excluding hydrogens is 302 g/mol. The van der Waals surface area contributed by atoms with Gasteiger partial charge in [-0.2, -0.15) is 5.26 Å². The molecule has 1 heterocycles. The molecule has 0 radical (unpaired) electrons. The van der Waals surface area contributed by atoms with Crippen LogP contribution in [0.2, 0.25) is 0 Å². The fourth-order valence-electron chi connectivity index (χ4n) is 2.65. The largest absolute Gasteiger partial charge is 0.391 e. The molecule has 0 bridgehead atoms. The van der Waals surface area contributed by atoms with Crippen LogP contribution in [0.15, 0.2) is 24.3 Å². The van der Waals surface area contributed by atoms with Crippen molar-refractivity contribution in [3.05, 3.63) is 35.4 Å². The van der Waals surface area contributed by atoms with Crippen LogP contribution in [0.5, 0.6) is 0 Å². The summed E-state index contributed by atoms with van der Waals surface area (Å²) in [7, 11) is -0.314. The van der Waals surface area contributed by atoms with E-state index in [4.69, 9.17) is 5.26 Å². The van der Waals surface area contributed by atoms with Crippen LogP contribution < -0.4 is 0 Å². The van der Waals surface area contributed by atoms with Gasteiger partial charge < -0.3 is 5.11 Å². The maximum Gasteiger partial charge on any atom is 0.214 e. The molecule has 0 aromatic heterocycles. The number of hydrogen-bond acceptors (Lipinski definition) is 5. The molecule has 22 heavy (non-hydrogen) atoms. The first-order valence-electron chi connectivity index (χ1n) is 7.11. The minimum atomic E-state index is -3.32. The summed E-state index contributed by atoms with van der Waals surface area (Å²) in [5, 5.41) is 19.0. The average molecular weight is 323 g/mol. The number of nitrogens with zero attached hydrogens (tertiary/aromatic N) is 3. The van der Waals surface area contributed by atoms with E-state index < -0.39 is 16.1 Å². The Hall–Kier alpha value is -1.46. The monoisotopic (exact) mass is 323 g/mol. The molecule has 7 heteroatoms. The topological polar surface area (TPSA) is 84.6 Å². The summed E-state index contributed by atoms with van der Waals surface area (Å²) in [6.45, 7) is 1.58. The highest BCUT2D eigenvalue weighted by molar-refractivity contribution is 7.89. The number of hydrogen-bond donors (Lipinski definition) is 1. The molecule has 1 aromatic carbocycles. The summed E-state index contributed by atoms with van der Waals surface area (Å²) in [5.74, 6) is -0.331. The van der Waals surface area contributed by atoms with Crippen molar-refractivity contribution in [3.63, 3.8) is 0 Å². The number of sulfonamides is 1. The average Bonchev–Trinajstić information content (AvgIpc) is 2.78. The van der Waals surface area contributed by atoms with Gasteiger partial charge in [0.15, 0.2) is 0 Å². The number of aliphatic hydroxyl groups excluding tert-OH is 1. The van der Waals surface area contributed by atoms with Crippen LogP contribution >= 0.6 is 0 Å². The van der Waals surface area contributed by atoms with E-state index in [0.29, 0.717) is 25.2 Å². The Balaban J connectivity index is 2.00. The zero-order chi connectivity index (χ0) is 16.3. The predicted octanol–water partition coefficient (Wildman–Crippen LogP) is 0.242. The van der Waals surface area contributed by atoms with E-state index in [0.717, 1.165) is 5.56 Å². The van der Waals surface area contributed by atoms with Crippen molar-refractivity contribution in [1.29, 1.82) is 5.26 Å². The first-order chi connectivity index (χ1) is 10.3. The van der Waals surface area contributed by atoms with Gasteiger partial charge in [-0.05, 0) is 17.7 Å². The lowest BCUT2D eigenvalue weighted by molar-refractivity contribution is 0.148. The van der Waals surface area contributed by atoms with Gasteiger partial charge in [-0.15, -0.1) is 0 Å². The van der Waals surface area contributed by atoms with E-state index in [2.05, 4.69) is 6.07 Å². The Labute approximate surface area is 131 Å². The van der Waals surface area contributed by atoms with Gasteiger partial charge >= 0.3 is 0 Å². The zero-order valence-electron chi connectivity index (χ0n) is 12.8. The third kappa shape index (κ3) is 4.05. The maximum atomic E-state index is 11.9. The molecule has 1 aromatic rings. The van der Waals surface area contributed by atoms with Gasteiger partial charge in [0.2, 0.25) is 10.0 Å². The van der Waals surface area contributed by atoms with Crippen LogP contribution in [0.1, 0.15) is 11.1 Å². The molecule has 0 amide bonds. The summed E-state index contributed by atoms with van der Waals surface area (Å²) in [4.78, 5) is 2.02. The van der Waals surface area contributed by atoms with Crippen LogP contribution in [0, 0.1) is 17.2 Å². The van der Waals surface area contributed by atoms with Gasteiger partial charge in [0.05, 0.1) is 23.5 Å². The molecule has 0 aliphatic carbocycles. The molecule has 2 rings (SSSR count). The molecule has 2 unspecified atom stereocenters. The normalized spacial score (nSPS) is 22.9. The van der Waals surface area contributed by atoms with Crippen molar-refractivity contribution < 1.29 is 13.5 Å². The molecule has 1 aliphatic heterocycles. The minimum Gasteiger partial charge on any atom is -0.391 e. The van der Waals surface area contributed by atoms with Gasteiger partial charge in [-0.1, -0.05) is 12.1 Å². The molecule has 1 aliphatic rings. The van der Waals surface area contributed by atoms with E-state index in [-0.39, 0.29) is 11.7 Å². The smallest absolute Gasteiger partial charge is 0.214 e. The van der Waals surface area contributed by atoms with E-state index >= 15 is 0 Å². The van der Waals surface area contributed by atoms with Crippen molar-refractivity contribution in [2.45, 2.75) is 12.6 Å². The lowest BCUT2D eigenvalue weighted by Gasteiger charge is -2.18. The van der Waals surface area contributed by atoms with E-state index in [1.807, 2.05) is 23.1 Å². The van der Waals surface area contributed by atoms with Crippen LogP contribution in [0.4, 0.5) is 0 Å². The summed E-state index contributed by atoms with van der Waals surface area (Å²) < 4.78 is 25.1. The Morgan fingerprint density at radius 2 is 2.14 bits per heavy atom. The highest BCUT2D eigenvalue weighted by Crippen LogP contribution is 2.22. The first kappa shape index (κ1) is 16.9. The fourth-order valence-corrected chi connectivity index (χ4v) is 3.82. The van der Waals surface area contributed by atoms with E-state index in [1.165, 1.54) is 18.4 Å². The number of nitriles is 1. The Bertz CT molecular complexity index is 667. The van der Waals surface area contributed by atoms with Crippen LogP contribution in [-0.2, 0) is 16.6 Å². The standard InChI is InChI=1S/C15H21N3O3S/c1-17(2)22(20,21)11-14-9-18(10-15(14)19)8-13-5-3-4-12(6-13)7-16/h3-6,14-15,19H,8-11H2,1-2H3. The van der Waals surface area contributed by atoms with Crippen LogP contribution in [0.3, 0.4) is 0 Å².